The SMILES string of the molecule is CCN(CC)C(=O)NC(C)C1CCNC1. The zero-order chi connectivity index (χ0) is 11.3. The molecule has 1 saturated heterocycles. The van der Waals surface area contributed by atoms with E-state index in [1.54, 1.807) is 0 Å². The number of nitrogens with zero attached hydrogens (tertiary/aromatic N) is 1. The summed E-state index contributed by atoms with van der Waals surface area (Å²) in [5.41, 5.74) is 0. The summed E-state index contributed by atoms with van der Waals surface area (Å²) in [7, 11) is 0. The van der Waals surface area contributed by atoms with Gasteiger partial charge < -0.3 is 15.5 Å². The van der Waals surface area contributed by atoms with Crippen LogP contribution >= 0.6 is 0 Å². The van der Waals surface area contributed by atoms with Crippen molar-refractivity contribution in [1.82, 2.24) is 15.5 Å². The minimum absolute atomic E-state index is 0.0689. The van der Waals surface area contributed by atoms with Crippen molar-refractivity contribution in [2.75, 3.05) is 26.2 Å². The average Bonchev–Trinajstić information content (AvgIpc) is 2.72. The van der Waals surface area contributed by atoms with E-state index in [4.69, 9.17) is 0 Å². The number of amides is 2. The Morgan fingerprint density at radius 3 is 2.67 bits per heavy atom. The van der Waals surface area contributed by atoms with E-state index in [-0.39, 0.29) is 12.1 Å². The van der Waals surface area contributed by atoms with Crippen molar-refractivity contribution >= 4 is 6.03 Å². The first-order chi connectivity index (χ1) is 7.19. The van der Waals surface area contributed by atoms with E-state index in [0.717, 1.165) is 26.2 Å². The molecular formula is C11H23N3O. The summed E-state index contributed by atoms with van der Waals surface area (Å²) in [5, 5.41) is 6.39. The van der Waals surface area contributed by atoms with E-state index in [0.29, 0.717) is 5.92 Å². The highest BCUT2D eigenvalue weighted by molar-refractivity contribution is 5.74. The third-order valence-corrected chi connectivity index (χ3v) is 3.21. The molecule has 1 aliphatic heterocycles. The van der Waals surface area contributed by atoms with Crippen LogP contribution < -0.4 is 10.6 Å². The maximum atomic E-state index is 11.8. The van der Waals surface area contributed by atoms with Gasteiger partial charge in [0, 0.05) is 19.1 Å². The van der Waals surface area contributed by atoms with Crippen LogP contribution in [-0.4, -0.2) is 43.2 Å². The fourth-order valence-electron chi connectivity index (χ4n) is 2.02. The normalized spacial score (nSPS) is 22.5. The molecule has 1 rings (SSSR count). The Morgan fingerprint density at radius 2 is 2.20 bits per heavy atom. The van der Waals surface area contributed by atoms with Crippen molar-refractivity contribution < 1.29 is 4.79 Å². The second kappa shape index (κ2) is 5.95. The topological polar surface area (TPSA) is 44.4 Å². The van der Waals surface area contributed by atoms with Gasteiger partial charge in [0.15, 0.2) is 0 Å². The molecule has 1 fully saturated rings. The van der Waals surface area contributed by atoms with Crippen molar-refractivity contribution in [3.8, 4) is 0 Å². The van der Waals surface area contributed by atoms with Crippen molar-refractivity contribution in [1.29, 1.82) is 0 Å². The minimum Gasteiger partial charge on any atom is -0.335 e. The summed E-state index contributed by atoms with van der Waals surface area (Å²) in [6.07, 6.45) is 1.17. The molecule has 15 heavy (non-hydrogen) atoms. The molecule has 0 aromatic rings. The van der Waals surface area contributed by atoms with E-state index < -0.39 is 0 Å². The van der Waals surface area contributed by atoms with Gasteiger partial charge in [-0.3, -0.25) is 0 Å². The molecule has 0 radical (unpaired) electrons. The summed E-state index contributed by atoms with van der Waals surface area (Å²) in [4.78, 5) is 13.6. The molecule has 2 amide bonds. The van der Waals surface area contributed by atoms with Crippen LogP contribution in [-0.2, 0) is 0 Å². The quantitative estimate of drug-likeness (QED) is 0.733. The summed E-state index contributed by atoms with van der Waals surface area (Å²) >= 11 is 0. The summed E-state index contributed by atoms with van der Waals surface area (Å²) in [5.74, 6) is 0.588. The van der Waals surface area contributed by atoms with Gasteiger partial charge in [0.25, 0.3) is 0 Å². The number of carbonyl (C=O) groups is 1. The van der Waals surface area contributed by atoms with Crippen molar-refractivity contribution in [3.63, 3.8) is 0 Å². The highest BCUT2D eigenvalue weighted by atomic mass is 16.2. The second-order valence-electron chi connectivity index (χ2n) is 4.16. The molecule has 0 saturated carbocycles. The maximum absolute atomic E-state index is 11.8. The largest absolute Gasteiger partial charge is 0.335 e. The molecule has 2 N–H and O–H groups in total. The molecule has 2 unspecified atom stereocenters. The number of hydrogen-bond donors (Lipinski definition) is 2. The molecule has 4 nitrogen and oxygen atoms in total. The summed E-state index contributed by atoms with van der Waals surface area (Å²) in [6.45, 7) is 9.76. The van der Waals surface area contributed by atoms with Crippen LogP contribution in [0.2, 0.25) is 0 Å². The smallest absolute Gasteiger partial charge is 0.317 e. The van der Waals surface area contributed by atoms with Gasteiger partial charge in [-0.2, -0.15) is 0 Å². The predicted molar refractivity (Wildman–Crippen MR) is 61.9 cm³/mol. The van der Waals surface area contributed by atoms with E-state index in [1.807, 2.05) is 18.7 Å². The van der Waals surface area contributed by atoms with Crippen LogP contribution in [0.3, 0.4) is 0 Å². The van der Waals surface area contributed by atoms with Gasteiger partial charge in [-0.1, -0.05) is 0 Å². The highest BCUT2D eigenvalue weighted by Crippen LogP contribution is 2.12. The molecule has 0 bridgehead atoms. The van der Waals surface area contributed by atoms with Gasteiger partial charge in [-0.15, -0.1) is 0 Å². The molecule has 88 valence electrons. The van der Waals surface area contributed by atoms with Crippen LogP contribution in [0.25, 0.3) is 0 Å². The third-order valence-electron chi connectivity index (χ3n) is 3.21. The van der Waals surface area contributed by atoms with E-state index in [1.165, 1.54) is 6.42 Å². The van der Waals surface area contributed by atoms with Crippen LogP contribution in [0.15, 0.2) is 0 Å². The molecule has 0 aliphatic carbocycles. The van der Waals surface area contributed by atoms with Gasteiger partial charge >= 0.3 is 6.03 Å². The Kier molecular flexibility index (Phi) is 4.88. The lowest BCUT2D eigenvalue weighted by Crippen LogP contribution is -2.46. The first-order valence-corrected chi connectivity index (χ1v) is 5.95. The van der Waals surface area contributed by atoms with Gasteiger partial charge in [-0.05, 0) is 46.2 Å². The van der Waals surface area contributed by atoms with Crippen molar-refractivity contribution in [2.24, 2.45) is 5.92 Å². The van der Waals surface area contributed by atoms with Gasteiger partial charge in [-0.25, -0.2) is 4.79 Å². The lowest BCUT2D eigenvalue weighted by molar-refractivity contribution is 0.196. The minimum atomic E-state index is 0.0689. The first-order valence-electron chi connectivity index (χ1n) is 5.95. The van der Waals surface area contributed by atoms with Crippen molar-refractivity contribution in [2.45, 2.75) is 33.2 Å². The third kappa shape index (κ3) is 3.38. The Labute approximate surface area is 92.4 Å². The Bertz CT molecular complexity index is 198. The van der Waals surface area contributed by atoms with Crippen LogP contribution in [0, 0.1) is 5.92 Å². The van der Waals surface area contributed by atoms with Gasteiger partial charge in [0.05, 0.1) is 0 Å². The number of urea groups is 1. The van der Waals surface area contributed by atoms with E-state index in [2.05, 4.69) is 17.6 Å². The number of hydrogen-bond acceptors (Lipinski definition) is 2. The average molecular weight is 213 g/mol. The van der Waals surface area contributed by atoms with Crippen LogP contribution in [0.1, 0.15) is 27.2 Å². The second-order valence-corrected chi connectivity index (χ2v) is 4.16. The maximum Gasteiger partial charge on any atom is 0.317 e. The van der Waals surface area contributed by atoms with Crippen LogP contribution in [0.4, 0.5) is 4.79 Å². The predicted octanol–water partition coefficient (Wildman–Crippen LogP) is 1.04. The van der Waals surface area contributed by atoms with E-state index in [9.17, 15) is 4.79 Å². The molecule has 4 heteroatoms. The molecule has 0 spiro atoms. The molecule has 1 aliphatic rings. The Morgan fingerprint density at radius 1 is 1.53 bits per heavy atom. The number of rotatable bonds is 4. The number of nitrogens with one attached hydrogen (secondary N) is 2. The monoisotopic (exact) mass is 213 g/mol. The number of carbonyl (C=O) groups excluding carboxylic acids is 1. The van der Waals surface area contributed by atoms with Crippen molar-refractivity contribution in [3.05, 3.63) is 0 Å². The van der Waals surface area contributed by atoms with E-state index >= 15 is 0 Å². The zero-order valence-corrected chi connectivity index (χ0v) is 10.0. The zero-order valence-electron chi connectivity index (χ0n) is 10.0. The lowest BCUT2D eigenvalue weighted by atomic mass is 10.0. The summed E-state index contributed by atoms with van der Waals surface area (Å²) in [6, 6.07) is 0.340. The molecular weight excluding hydrogens is 190 g/mol. The molecule has 0 aromatic heterocycles. The summed E-state index contributed by atoms with van der Waals surface area (Å²) < 4.78 is 0. The molecule has 0 aromatic carbocycles. The van der Waals surface area contributed by atoms with Crippen LogP contribution in [0.5, 0.6) is 0 Å². The Hall–Kier alpha value is -0.770. The van der Waals surface area contributed by atoms with Gasteiger partial charge in [0.1, 0.15) is 0 Å². The highest BCUT2D eigenvalue weighted by Gasteiger charge is 2.23. The van der Waals surface area contributed by atoms with Gasteiger partial charge in [0.2, 0.25) is 0 Å². The first kappa shape index (κ1) is 12.3. The molecule has 2 atom stereocenters. The lowest BCUT2D eigenvalue weighted by Gasteiger charge is -2.25. The standard InChI is InChI=1S/C11H23N3O/c1-4-14(5-2)11(15)13-9(3)10-6-7-12-8-10/h9-10,12H,4-8H2,1-3H3,(H,13,15). The fourth-order valence-corrected chi connectivity index (χ4v) is 2.02. The molecule has 1 heterocycles. The fraction of sp³-hybridized carbons (Fsp3) is 0.909. The Balaban J connectivity index is 2.35.